The molecule has 0 atom stereocenters. The van der Waals surface area contributed by atoms with E-state index >= 15 is 0 Å². The summed E-state index contributed by atoms with van der Waals surface area (Å²) in [5, 5.41) is 8.81. The SMILES string of the molecule is Cc1c(F)cc(C(=O)O)cc1S(=O)(=O)NCCOC(N)=O. The zero-order chi connectivity index (χ0) is 16.2. The molecule has 10 heteroatoms. The monoisotopic (exact) mass is 320 g/mol. The van der Waals surface area contributed by atoms with Gasteiger partial charge in [0.2, 0.25) is 10.0 Å². The van der Waals surface area contributed by atoms with Crippen molar-refractivity contribution in [3.8, 4) is 0 Å². The largest absolute Gasteiger partial charge is 0.478 e. The van der Waals surface area contributed by atoms with E-state index < -0.39 is 38.4 Å². The van der Waals surface area contributed by atoms with Crippen LogP contribution in [0.25, 0.3) is 0 Å². The van der Waals surface area contributed by atoms with Crippen molar-refractivity contribution in [2.45, 2.75) is 11.8 Å². The quantitative estimate of drug-likeness (QED) is 0.641. The van der Waals surface area contributed by atoms with E-state index in [-0.39, 0.29) is 18.7 Å². The van der Waals surface area contributed by atoms with Gasteiger partial charge < -0.3 is 15.6 Å². The van der Waals surface area contributed by atoms with Crippen LogP contribution in [0.1, 0.15) is 15.9 Å². The first kappa shape index (κ1) is 16.9. The van der Waals surface area contributed by atoms with Gasteiger partial charge in [0.05, 0.1) is 10.5 Å². The lowest BCUT2D eigenvalue weighted by molar-refractivity contribution is 0.0696. The standard InChI is InChI=1S/C11H13FN2O6S/c1-6-8(12)4-7(10(15)16)5-9(6)21(18,19)14-2-3-20-11(13)17/h4-5,14H,2-3H2,1H3,(H2,13,17)(H,15,16). The van der Waals surface area contributed by atoms with Gasteiger partial charge in [-0.2, -0.15) is 0 Å². The molecule has 1 aromatic carbocycles. The number of carbonyl (C=O) groups is 2. The van der Waals surface area contributed by atoms with Gasteiger partial charge >= 0.3 is 12.1 Å². The maximum Gasteiger partial charge on any atom is 0.404 e. The molecule has 0 radical (unpaired) electrons. The number of halogens is 1. The number of sulfonamides is 1. The van der Waals surface area contributed by atoms with Crippen LogP contribution in [-0.2, 0) is 14.8 Å². The molecule has 116 valence electrons. The number of ether oxygens (including phenoxy) is 1. The first-order chi connectivity index (χ1) is 9.65. The summed E-state index contributed by atoms with van der Waals surface area (Å²) in [6, 6.07) is 1.57. The summed E-state index contributed by atoms with van der Waals surface area (Å²) in [4.78, 5) is 20.6. The third-order valence-electron chi connectivity index (χ3n) is 2.47. The fourth-order valence-electron chi connectivity index (χ4n) is 1.46. The van der Waals surface area contributed by atoms with Gasteiger partial charge in [-0.1, -0.05) is 0 Å². The van der Waals surface area contributed by atoms with Gasteiger partial charge in [0, 0.05) is 12.1 Å². The molecule has 0 aliphatic carbocycles. The van der Waals surface area contributed by atoms with Crippen LogP contribution in [0, 0.1) is 12.7 Å². The zero-order valence-electron chi connectivity index (χ0n) is 10.9. The summed E-state index contributed by atoms with van der Waals surface area (Å²) in [6.45, 7) is 0.605. The number of aromatic carboxylic acids is 1. The Kier molecular flexibility index (Phi) is 5.22. The Balaban J connectivity index is 3.02. The first-order valence-electron chi connectivity index (χ1n) is 5.60. The summed E-state index contributed by atoms with van der Waals surface area (Å²) in [7, 11) is -4.15. The molecule has 0 aliphatic rings. The van der Waals surface area contributed by atoms with Crippen LogP contribution in [-0.4, -0.2) is 38.7 Å². The Morgan fingerprint density at radius 2 is 2.05 bits per heavy atom. The van der Waals surface area contributed by atoms with E-state index in [1.807, 2.05) is 4.72 Å². The lowest BCUT2D eigenvalue weighted by Crippen LogP contribution is -2.30. The number of carboxylic acids is 1. The zero-order valence-corrected chi connectivity index (χ0v) is 11.7. The summed E-state index contributed by atoms with van der Waals surface area (Å²) in [6.07, 6.45) is -1.07. The Morgan fingerprint density at radius 3 is 2.57 bits per heavy atom. The number of hydrogen-bond acceptors (Lipinski definition) is 5. The highest BCUT2D eigenvalue weighted by molar-refractivity contribution is 7.89. The van der Waals surface area contributed by atoms with Gasteiger partial charge in [0.1, 0.15) is 12.4 Å². The number of carboxylic acid groups (broad SMARTS) is 1. The maximum atomic E-state index is 13.6. The number of nitrogens with one attached hydrogen (secondary N) is 1. The number of amides is 1. The second-order valence-electron chi connectivity index (χ2n) is 3.95. The van der Waals surface area contributed by atoms with Crippen molar-refractivity contribution in [1.29, 1.82) is 0 Å². The fourth-order valence-corrected chi connectivity index (χ4v) is 2.75. The Bertz CT molecular complexity index is 674. The topological polar surface area (TPSA) is 136 Å². The minimum Gasteiger partial charge on any atom is -0.478 e. The second-order valence-corrected chi connectivity index (χ2v) is 5.69. The van der Waals surface area contributed by atoms with Gasteiger partial charge in [-0.15, -0.1) is 0 Å². The number of benzene rings is 1. The minimum atomic E-state index is -4.15. The van der Waals surface area contributed by atoms with E-state index in [0.717, 1.165) is 12.1 Å². The number of primary amides is 1. The van der Waals surface area contributed by atoms with Crippen molar-refractivity contribution < 1.29 is 32.2 Å². The third-order valence-corrected chi connectivity index (χ3v) is 4.06. The van der Waals surface area contributed by atoms with Crippen LogP contribution in [0.5, 0.6) is 0 Å². The molecule has 1 rings (SSSR count). The lowest BCUT2D eigenvalue weighted by atomic mass is 10.1. The van der Waals surface area contributed by atoms with Crippen molar-refractivity contribution in [2.24, 2.45) is 5.73 Å². The van der Waals surface area contributed by atoms with Crippen LogP contribution in [0.3, 0.4) is 0 Å². The second kappa shape index (κ2) is 6.50. The summed E-state index contributed by atoms with van der Waals surface area (Å²) < 4.78 is 43.9. The van der Waals surface area contributed by atoms with E-state index in [1.165, 1.54) is 6.92 Å². The van der Waals surface area contributed by atoms with E-state index in [4.69, 9.17) is 10.8 Å². The molecule has 0 heterocycles. The smallest absolute Gasteiger partial charge is 0.404 e. The van der Waals surface area contributed by atoms with Crippen molar-refractivity contribution in [1.82, 2.24) is 4.72 Å². The average molecular weight is 320 g/mol. The molecular weight excluding hydrogens is 307 g/mol. The number of nitrogens with two attached hydrogens (primary N) is 1. The molecule has 1 amide bonds. The maximum absolute atomic E-state index is 13.6. The van der Waals surface area contributed by atoms with Crippen LogP contribution >= 0.6 is 0 Å². The molecule has 4 N–H and O–H groups in total. The molecule has 0 bridgehead atoms. The number of rotatable bonds is 6. The molecule has 1 aromatic rings. The minimum absolute atomic E-state index is 0.219. The molecule has 0 spiro atoms. The molecule has 0 saturated heterocycles. The highest BCUT2D eigenvalue weighted by Gasteiger charge is 2.21. The predicted molar refractivity (Wildman–Crippen MR) is 68.8 cm³/mol. The van der Waals surface area contributed by atoms with Crippen molar-refractivity contribution in [2.75, 3.05) is 13.2 Å². The lowest BCUT2D eigenvalue weighted by Gasteiger charge is -2.11. The van der Waals surface area contributed by atoms with E-state index in [0.29, 0.717) is 0 Å². The van der Waals surface area contributed by atoms with E-state index in [9.17, 15) is 22.4 Å². The highest BCUT2D eigenvalue weighted by Crippen LogP contribution is 2.20. The van der Waals surface area contributed by atoms with Gasteiger partial charge in [-0.05, 0) is 19.1 Å². The molecule has 0 unspecified atom stereocenters. The summed E-state index contributed by atoms with van der Waals surface area (Å²) in [5.41, 5.74) is 3.98. The number of carbonyl (C=O) groups excluding carboxylic acids is 1. The molecule has 0 fully saturated rings. The van der Waals surface area contributed by atoms with Gasteiger partial charge in [-0.25, -0.2) is 27.1 Å². The molecular formula is C11H13FN2O6S. The van der Waals surface area contributed by atoms with Crippen molar-refractivity contribution in [3.63, 3.8) is 0 Å². The Morgan fingerprint density at radius 1 is 1.43 bits per heavy atom. The molecule has 0 aromatic heterocycles. The van der Waals surface area contributed by atoms with Gasteiger partial charge in [-0.3, -0.25) is 0 Å². The van der Waals surface area contributed by atoms with E-state index in [1.54, 1.807) is 0 Å². The van der Waals surface area contributed by atoms with Crippen LogP contribution in [0.2, 0.25) is 0 Å². The fraction of sp³-hybridized carbons (Fsp3) is 0.273. The Labute approximate surface area is 119 Å². The number of hydrogen-bond donors (Lipinski definition) is 3. The van der Waals surface area contributed by atoms with Crippen molar-refractivity contribution in [3.05, 3.63) is 29.1 Å². The summed E-state index contributed by atoms with van der Waals surface area (Å²) in [5.74, 6) is -2.41. The Hall–Kier alpha value is -2.20. The third kappa shape index (κ3) is 4.39. The van der Waals surface area contributed by atoms with E-state index in [2.05, 4.69) is 4.74 Å². The van der Waals surface area contributed by atoms with Crippen LogP contribution in [0.4, 0.5) is 9.18 Å². The highest BCUT2D eigenvalue weighted by atomic mass is 32.2. The van der Waals surface area contributed by atoms with Crippen LogP contribution in [0.15, 0.2) is 17.0 Å². The average Bonchev–Trinajstić information content (AvgIpc) is 2.37. The summed E-state index contributed by atoms with van der Waals surface area (Å²) >= 11 is 0. The van der Waals surface area contributed by atoms with Gasteiger partial charge in [0.15, 0.2) is 0 Å². The van der Waals surface area contributed by atoms with Crippen LogP contribution < -0.4 is 10.5 Å². The van der Waals surface area contributed by atoms with Crippen molar-refractivity contribution >= 4 is 22.1 Å². The molecule has 0 saturated carbocycles. The molecule has 0 aliphatic heterocycles. The first-order valence-corrected chi connectivity index (χ1v) is 7.09. The predicted octanol–water partition coefficient (Wildman–Crippen LogP) is 0.206. The molecule has 21 heavy (non-hydrogen) atoms. The normalized spacial score (nSPS) is 11.1. The van der Waals surface area contributed by atoms with Gasteiger partial charge in [0.25, 0.3) is 0 Å². The molecule has 8 nitrogen and oxygen atoms in total.